The van der Waals surface area contributed by atoms with Crippen molar-refractivity contribution in [3.8, 4) is 5.75 Å². The van der Waals surface area contributed by atoms with Crippen molar-refractivity contribution in [2.45, 2.75) is 18.8 Å². The van der Waals surface area contributed by atoms with Gasteiger partial charge in [-0.2, -0.15) is 10.2 Å². The smallest absolute Gasteiger partial charge is 0.263 e. The summed E-state index contributed by atoms with van der Waals surface area (Å²) in [6.45, 7) is -0.191. The second-order valence-electron chi connectivity index (χ2n) is 6.84. The van der Waals surface area contributed by atoms with E-state index in [0.717, 1.165) is 5.39 Å². The van der Waals surface area contributed by atoms with Gasteiger partial charge in [-0.25, -0.2) is 0 Å². The van der Waals surface area contributed by atoms with Crippen LogP contribution < -0.4 is 15.4 Å². The number of imide groups is 1. The highest BCUT2D eigenvalue weighted by Gasteiger charge is 2.32. The zero-order valence-electron chi connectivity index (χ0n) is 16.0. The zero-order valence-corrected chi connectivity index (χ0v) is 16.0. The molecule has 3 amide bonds. The van der Waals surface area contributed by atoms with E-state index in [0.29, 0.717) is 29.2 Å². The molecule has 2 aromatic heterocycles. The monoisotopic (exact) mass is 396 g/mol. The fraction of sp³-hybridized carbons (Fsp3) is 0.316. The van der Waals surface area contributed by atoms with E-state index in [-0.39, 0.29) is 30.7 Å². The lowest BCUT2D eigenvalue weighted by Crippen LogP contribution is -2.39. The quantitative estimate of drug-likeness (QED) is 0.617. The molecular weight excluding hydrogens is 376 g/mol. The van der Waals surface area contributed by atoms with Crippen molar-refractivity contribution >= 4 is 34.4 Å². The number of carbonyl (C=O) groups excluding carboxylic acids is 3. The van der Waals surface area contributed by atoms with Crippen LogP contribution in [0, 0.1) is 0 Å². The van der Waals surface area contributed by atoms with E-state index in [1.807, 2.05) is 6.07 Å². The van der Waals surface area contributed by atoms with Gasteiger partial charge in [-0.15, -0.1) is 0 Å². The molecule has 0 radical (unpaired) electrons. The van der Waals surface area contributed by atoms with Crippen LogP contribution in [0.2, 0.25) is 0 Å². The van der Waals surface area contributed by atoms with Crippen molar-refractivity contribution in [2.75, 3.05) is 11.9 Å². The summed E-state index contributed by atoms with van der Waals surface area (Å²) in [7, 11) is 3.48. The van der Waals surface area contributed by atoms with Gasteiger partial charge in [0.05, 0.1) is 17.8 Å². The third-order valence-electron chi connectivity index (χ3n) is 4.87. The molecule has 0 spiro atoms. The van der Waals surface area contributed by atoms with Crippen molar-refractivity contribution in [2.24, 2.45) is 14.1 Å². The third kappa shape index (κ3) is 3.56. The standard InChI is InChI=1S/C19H20N6O4/c1-24-14(8-9-20-24)21-16(27)10-29-13-5-3-4-11-17(23-25(2)18(11)13)12-6-7-15(26)22-19(12)28/h3-5,8-9,12H,6-7,10H2,1-2H3,(H,21,27)(H,22,26,28). The molecular formula is C19H20N6O4. The Morgan fingerprint density at radius 1 is 1.28 bits per heavy atom. The first-order valence-electron chi connectivity index (χ1n) is 9.14. The molecule has 2 N–H and O–H groups in total. The number of anilines is 1. The van der Waals surface area contributed by atoms with Crippen LogP contribution in [0.5, 0.6) is 5.75 Å². The molecule has 0 bridgehead atoms. The number of aromatic nitrogens is 4. The minimum absolute atomic E-state index is 0.191. The number of rotatable bonds is 5. The molecule has 10 nitrogen and oxygen atoms in total. The van der Waals surface area contributed by atoms with Crippen molar-refractivity contribution in [3.05, 3.63) is 36.2 Å². The zero-order chi connectivity index (χ0) is 20.5. The number of nitrogens with one attached hydrogen (secondary N) is 2. The molecule has 1 aliphatic rings. The van der Waals surface area contributed by atoms with E-state index in [4.69, 9.17) is 4.74 Å². The van der Waals surface area contributed by atoms with Crippen molar-refractivity contribution < 1.29 is 19.1 Å². The van der Waals surface area contributed by atoms with E-state index in [2.05, 4.69) is 20.8 Å². The van der Waals surface area contributed by atoms with Crippen LogP contribution in [-0.4, -0.2) is 43.9 Å². The van der Waals surface area contributed by atoms with Crippen molar-refractivity contribution in [3.63, 3.8) is 0 Å². The van der Waals surface area contributed by atoms with Gasteiger partial charge in [0, 0.05) is 32.0 Å². The molecule has 0 saturated carbocycles. The van der Waals surface area contributed by atoms with Gasteiger partial charge in [-0.1, -0.05) is 12.1 Å². The van der Waals surface area contributed by atoms with Gasteiger partial charge in [0.2, 0.25) is 11.8 Å². The summed E-state index contributed by atoms with van der Waals surface area (Å²) in [5, 5.41) is 14.3. The number of carbonyl (C=O) groups is 3. The number of ether oxygens (including phenoxy) is 1. The van der Waals surface area contributed by atoms with Crippen LogP contribution in [0.3, 0.4) is 0 Å². The molecule has 1 fully saturated rings. The summed E-state index contributed by atoms with van der Waals surface area (Å²) in [5.74, 6) is -0.385. The summed E-state index contributed by atoms with van der Waals surface area (Å²) in [5.41, 5.74) is 1.28. The first-order valence-corrected chi connectivity index (χ1v) is 9.14. The Morgan fingerprint density at radius 2 is 2.10 bits per heavy atom. The minimum atomic E-state index is -0.500. The Morgan fingerprint density at radius 3 is 2.83 bits per heavy atom. The predicted octanol–water partition coefficient (Wildman–Crippen LogP) is 0.845. The van der Waals surface area contributed by atoms with E-state index < -0.39 is 5.92 Å². The van der Waals surface area contributed by atoms with Crippen LogP contribution in [0.4, 0.5) is 5.82 Å². The first-order chi connectivity index (χ1) is 13.9. The lowest BCUT2D eigenvalue weighted by molar-refractivity contribution is -0.134. The molecule has 3 aromatic rings. The molecule has 0 aliphatic carbocycles. The summed E-state index contributed by atoms with van der Waals surface area (Å²) in [4.78, 5) is 35.9. The van der Waals surface area contributed by atoms with Gasteiger partial charge in [0.25, 0.3) is 5.91 Å². The number of piperidine rings is 1. The molecule has 29 heavy (non-hydrogen) atoms. The Bertz CT molecular complexity index is 1120. The largest absolute Gasteiger partial charge is 0.481 e. The van der Waals surface area contributed by atoms with Crippen LogP contribution >= 0.6 is 0 Å². The van der Waals surface area contributed by atoms with Crippen molar-refractivity contribution in [1.82, 2.24) is 24.9 Å². The van der Waals surface area contributed by atoms with E-state index in [9.17, 15) is 14.4 Å². The van der Waals surface area contributed by atoms with Gasteiger partial charge in [0.15, 0.2) is 6.61 Å². The molecule has 1 aliphatic heterocycles. The number of aryl methyl sites for hydroxylation is 2. The third-order valence-corrected chi connectivity index (χ3v) is 4.87. The Balaban J connectivity index is 1.56. The maximum Gasteiger partial charge on any atom is 0.263 e. The van der Waals surface area contributed by atoms with E-state index in [1.165, 1.54) is 0 Å². The minimum Gasteiger partial charge on any atom is -0.481 e. The van der Waals surface area contributed by atoms with Gasteiger partial charge >= 0.3 is 0 Å². The lowest BCUT2D eigenvalue weighted by atomic mass is 9.93. The lowest BCUT2D eigenvalue weighted by Gasteiger charge is -2.19. The second-order valence-corrected chi connectivity index (χ2v) is 6.84. The normalized spacial score (nSPS) is 16.7. The number of fused-ring (bicyclic) bond motifs is 1. The summed E-state index contributed by atoms with van der Waals surface area (Å²) >= 11 is 0. The van der Waals surface area contributed by atoms with Gasteiger partial charge < -0.3 is 10.1 Å². The molecule has 1 unspecified atom stereocenters. The maximum absolute atomic E-state index is 12.3. The van der Waals surface area contributed by atoms with Gasteiger partial charge in [-0.3, -0.25) is 29.1 Å². The van der Waals surface area contributed by atoms with Crippen LogP contribution in [0.1, 0.15) is 24.5 Å². The maximum atomic E-state index is 12.3. The van der Waals surface area contributed by atoms with Crippen LogP contribution in [0.25, 0.3) is 10.9 Å². The van der Waals surface area contributed by atoms with E-state index in [1.54, 1.807) is 47.9 Å². The Labute approximate surface area is 165 Å². The highest BCUT2D eigenvalue weighted by atomic mass is 16.5. The molecule has 1 aromatic carbocycles. The number of benzene rings is 1. The highest BCUT2D eigenvalue weighted by molar-refractivity contribution is 6.03. The summed E-state index contributed by atoms with van der Waals surface area (Å²) in [6, 6.07) is 7.07. The first kappa shape index (κ1) is 18.7. The number of amides is 3. The average molecular weight is 396 g/mol. The van der Waals surface area contributed by atoms with Crippen LogP contribution in [-0.2, 0) is 28.5 Å². The highest BCUT2D eigenvalue weighted by Crippen LogP contribution is 2.34. The Hall–Kier alpha value is -3.69. The molecule has 4 rings (SSSR count). The molecule has 1 atom stereocenters. The molecule has 1 saturated heterocycles. The summed E-state index contributed by atoms with van der Waals surface area (Å²) in [6.07, 6.45) is 2.27. The van der Waals surface area contributed by atoms with E-state index >= 15 is 0 Å². The Kier molecular flexibility index (Phi) is 4.75. The SMILES string of the molecule is Cn1nccc1NC(=O)COc1cccc2c(C3CCC(=O)NC3=O)nn(C)c12. The number of hydrogen-bond donors (Lipinski definition) is 2. The number of hydrogen-bond acceptors (Lipinski definition) is 6. The topological polar surface area (TPSA) is 120 Å². The summed E-state index contributed by atoms with van der Waals surface area (Å²) < 4.78 is 8.91. The van der Waals surface area contributed by atoms with Crippen LogP contribution in [0.15, 0.2) is 30.5 Å². The average Bonchev–Trinajstić information content (AvgIpc) is 3.24. The fourth-order valence-corrected chi connectivity index (χ4v) is 3.48. The number of para-hydroxylation sites is 1. The molecule has 3 heterocycles. The second kappa shape index (κ2) is 7.38. The van der Waals surface area contributed by atoms with Crippen molar-refractivity contribution in [1.29, 1.82) is 0 Å². The predicted molar refractivity (Wildman–Crippen MR) is 103 cm³/mol. The van der Waals surface area contributed by atoms with Gasteiger partial charge in [-0.05, 0) is 12.5 Å². The molecule has 150 valence electrons. The fourth-order valence-electron chi connectivity index (χ4n) is 3.48. The number of nitrogens with zero attached hydrogens (tertiary/aromatic N) is 4. The molecule has 10 heteroatoms. The van der Waals surface area contributed by atoms with Gasteiger partial charge in [0.1, 0.15) is 17.1 Å².